The zero-order chi connectivity index (χ0) is 12.2. The Balaban J connectivity index is 2.72. The summed E-state index contributed by atoms with van der Waals surface area (Å²) in [6, 6.07) is 5.44. The van der Waals surface area contributed by atoms with Gasteiger partial charge in [-0.2, -0.15) is 0 Å². The van der Waals surface area contributed by atoms with Gasteiger partial charge in [0.25, 0.3) is 5.91 Å². The lowest BCUT2D eigenvalue weighted by atomic mass is 10.1. The fourth-order valence-electron chi connectivity index (χ4n) is 1.06. The van der Waals surface area contributed by atoms with Crippen LogP contribution in [0.5, 0.6) is 5.75 Å². The minimum Gasteiger partial charge on any atom is -0.478 e. The van der Waals surface area contributed by atoms with Crippen LogP contribution < -0.4 is 10.2 Å². The first kappa shape index (κ1) is 12.4. The summed E-state index contributed by atoms with van der Waals surface area (Å²) in [4.78, 5) is 16.0. The first-order valence-corrected chi connectivity index (χ1v) is 4.74. The molecule has 0 spiro atoms. The van der Waals surface area contributed by atoms with Crippen LogP contribution in [0.4, 0.5) is 4.39 Å². The number of hydroxylamine groups is 1. The third-order valence-electron chi connectivity index (χ3n) is 1.93. The third-order valence-corrected chi connectivity index (χ3v) is 1.93. The first-order valence-electron chi connectivity index (χ1n) is 4.74. The van der Waals surface area contributed by atoms with Crippen molar-refractivity contribution in [3.05, 3.63) is 30.1 Å². The fourth-order valence-corrected chi connectivity index (χ4v) is 1.06. The van der Waals surface area contributed by atoms with Crippen LogP contribution in [0.15, 0.2) is 24.3 Å². The summed E-state index contributed by atoms with van der Waals surface area (Å²) in [5, 5.41) is 0. The van der Waals surface area contributed by atoms with Crippen LogP contribution in [0.1, 0.15) is 13.8 Å². The molecule has 0 bridgehead atoms. The van der Waals surface area contributed by atoms with Crippen molar-refractivity contribution in [2.45, 2.75) is 19.4 Å². The first-order chi connectivity index (χ1) is 7.45. The zero-order valence-electron chi connectivity index (χ0n) is 9.41. The molecule has 1 rings (SSSR count). The van der Waals surface area contributed by atoms with Gasteiger partial charge in [0.15, 0.2) is 5.60 Å². The molecule has 0 unspecified atom stereocenters. The Bertz CT molecular complexity index is 362. The van der Waals surface area contributed by atoms with Crippen LogP contribution in [0.3, 0.4) is 0 Å². The van der Waals surface area contributed by atoms with Crippen LogP contribution in [-0.2, 0) is 9.63 Å². The second kappa shape index (κ2) is 4.94. The predicted octanol–water partition coefficient (Wildman–Crippen LogP) is 1.66. The molecule has 5 heteroatoms. The number of benzene rings is 1. The molecule has 0 saturated carbocycles. The molecular weight excluding hydrogens is 213 g/mol. The van der Waals surface area contributed by atoms with Gasteiger partial charge in [-0.1, -0.05) is 0 Å². The molecular formula is C11H14FNO3. The maximum Gasteiger partial charge on any atom is 0.287 e. The van der Waals surface area contributed by atoms with Gasteiger partial charge in [-0.3, -0.25) is 9.63 Å². The summed E-state index contributed by atoms with van der Waals surface area (Å²) in [5.74, 6) is -0.358. The highest BCUT2D eigenvalue weighted by atomic mass is 19.1. The van der Waals surface area contributed by atoms with E-state index in [1.165, 1.54) is 31.4 Å². The average molecular weight is 227 g/mol. The highest BCUT2D eigenvalue weighted by molar-refractivity contribution is 5.83. The van der Waals surface area contributed by atoms with E-state index in [1.54, 1.807) is 13.8 Å². The molecule has 0 atom stereocenters. The number of carbonyl (C=O) groups excluding carboxylic acids is 1. The van der Waals surface area contributed by atoms with Crippen molar-refractivity contribution in [2.24, 2.45) is 0 Å². The molecule has 0 aliphatic heterocycles. The molecule has 0 fully saturated rings. The maximum atomic E-state index is 12.6. The Hall–Kier alpha value is -1.62. The summed E-state index contributed by atoms with van der Waals surface area (Å²) >= 11 is 0. The molecule has 0 aliphatic carbocycles. The Morgan fingerprint density at radius 1 is 1.31 bits per heavy atom. The van der Waals surface area contributed by atoms with E-state index in [-0.39, 0.29) is 5.82 Å². The van der Waals surface area contributed by atoms with E-state index in [0.29, 0.717) is 5.75 Å². The van der Waals surface area contributed by atoms with Crippen molar-refractivity contribution in [1.82, 2.24) is 5.48 Å². The Kier molecular flexibility index (Phi) is 3.84. The predicted molar refractivity (Wildman–Crippen MR) is 56.3 cm³/mol. The lowest BCUT2D eigenvalue weighted by Crippen LogP contribution is -2.46. The van der Waals surface area contributed by atoms with Crippen LogP contribution in [0, 0.1) is 5.82 Å². The molecule has 0 saturated heterocycles. The van der Waals surface area contributed by atoms with Crippen molar-refractivity contribution in [2.75, 3.05) is 7.11 Å². The number of halogens is 1. The van der Waals surface area contributed by atoms with Gasteiger partial charge in [0.05, 0.1) is 7.11 Å². The lowest BCUT2D eigenvalue weighted by Gasteiger charge is -2.24. The van der Waals surface area contributed by atoms with E-state index in [2.05, 4.69) is 10.3 Å². The Morgan fingerprint density at radius 3 is 2.38 bits per heavy atom. The maximum absolute atomic E-state index is 12.6. The minimum absolute atomic E-state index is 0.355. The van der Waals surface area contributed by atoms with E-state index < -0.39 is 11.5 Å². The molecule has 4 nitrogen and oxygen atoms in total. The highest BCUT2D eigenvalue weighted by Crippen LogP contribution is 2.18. The smallest absolute Gasteiger partial charge is 0.287 e. The van der Waals surface area contributed by atoms with E-state index >= 15 is 0 Å². The number of hydrogen-bond donors (Lipinski definition) is 1. The number of rotatable bonds is 4. The molecule has 1 aromatic rings. The normalized spacial score (nSPS) is 11.0. The topological polar surface area (TPSA) is 47.6 Å². The van der Waals surface area contributed by atoms with Gasteiger partial charge in [0.2, 0.25) is 0 Å². The van der Waals surface area contributed by atoms with Gasteiger partial charge in [0.1, 0.15) is 11.6 Å². The second-order valence-electron chi connectivity index (χ2n) is 3.70. The lowest BCUT2D eigenvalue weighted by molar-refractivity contribution is -0.145. The van der Waals surface area contributed by atoms with Crippen LogP contribution >= 0.6 is 0 Å². The van der Waals surface area contributed by atoms with Crippen LogP contribution in [-0.4, -0.2) is 18.6 Å². The molecule has 1 amide bonds. The van der Waals surface area contributed by atoms with Gasteiger partial charge in [-0.05, 0) is 38.1 Å². The molecule has 16 heavy (non-hydrogen) atoms. The number of nitrogens with one attached hydrogen (secondary N) is 1. The quantitative estimate of drug-likeness (QED) is 0.796. The van der Waals surface area contributed by atoms with Crippen molar-refractivity contribution in [3.8, 4) is 5.75 Å². The highest BCUT2D eigenvalue weighted by Gasteiger charge is 2.30. The summed E-state index contributed by atoms with van der Waals surface area (Å²) in [7, 11) is 1.34. The molecule has 0 radical (unpaired) electrons. The Morgan fingerprint density at radius 2 is 1.88 bits per heavy atom. The van der Waals surface area contributed by atoms with Crippen molar-refractivity contribution >= 4 is 5.91 Å². The summed E-state index contributed by atoms with van der Waals surface area (Å²) in [6.45, 7) is 3.18. The number of amides is 1. The molecule has 1 aromatic carbocycles. The average Bonchev–Trinajstić information content (AvgIpc) is 2.21. The van der Waals surface area contributed by atoms with E-state index in [0.717, 1.165) is 0 Å². The van der Waals surface area contributed by atoms with E-state index in [9.17, 15) is 9.18 Å². The van der Waals surface area contributed by atoms with E-state index in [1.807, 2.05) is 0 Å². The number of ether oxygens (including phenoxy) is 1. The standard InChI is InChI=1S/C11H14FNO3/c1-11(2,10(14)13-15-3)16-9-6-4-8(12)5-7-9/h4-7H,1-3H3,(H,13,14). The summed E-state index contributed by atoms with van der Waals surface area (Å²) in [5.41, 5.74) is 1.09. The minimum atomic E-state index is -1.09. The largest absolute Gasteiger partial charge is 0.478 e. The zero-order valence-corrected chi connectivity index (χ0v) is 9.41. The van der Waals surface area contributed by atoms with Crippen LogP contribution in [0.2, 0.25) is 0 Å². The summed E-state index contributed by atoms with van der Waals surface area (Å²) in [6.07, 6.45) is 0. The second-order valence-corrected chi connectivity index (χ2v) is 3.70. The monoisotopic (exact) mass is 227 g/mol. The molecule has 0 aliphatic rings. The third kappa shape index (κ3) is 3.20. The van der Waals surface area contributed by atoms with Gasteiger partial charge in [-0.15, -0.1) is 0 Å². The van der Waals surface area contributed by atoms with Crippen LogP contribution in [0.25, 0.3) is 0 Å². The summed E-state index contributed by atoms with van der Waals surface area (Å²) < 4.78 is 18.1. The molecule has 0 aromatic heterocycles. The van der Waals surface area contributed by atoms with Gasteiger partial charge < -0.3 is 4.74 Å². The van der Waals surface area contributed by atoms with Crippen molar-refractivity contribution in [3.63, 3.8) is 0 Å². The SMILES string of the molecule is CONC(=O)C(C)(C)Oc1ccc(F)cc1. The van der Waals surface area contributed by atoms with Gasteiger partial charge >= 0.3 is 0 Å². The fraction of sp³-hybridized carbons (Fsp3) is 0.364. The van der Waals surface area contributed by atoms with Gasteiger partial charge in [0, 0.05) is 0 Å². The molecule has 0 heterocycles. The number of carbonyl (C=O) groups is 1. The van der Waals surface area contributed by atoms with E-state index in [4.69, 9.17) is 4.74 Å². The molecule has 88 valence electrons. The van der Waals surface area contributed by atoms with Crippen molar-refractivity contribution in [1.29, 1.82) is 0 Å². The Labute approximate surface area is 93.3 Å². The molecule has 1 N–H and O–H groups in total. The van der Waals surface area contributed by atoms with Gasteiger partial charge in [-0.25, -0.2) is 9.87 Å². The number of hydrogen-bond acceptors (Lipinski definition) is 3. The van der Waals surface area contributed by atoms with Crippen molar-refractivity contribution < 1.29 is 18.8 Å².